The second-order valence-corrected chi connectivity index (χ2v) is 7.39. The van der Waals surface area contributed by atoms with Crippen molar-refractivity contribution in [1.29, 1.82) is 0 Å². The van der Waals surface area contributed by atoms with E-state index in [9.17, 15) is 13.6 Å². The Bertz CT molecular complexity index is 785. The Morgan fingerprint density at radius 2 is 1.82 bits per heavy atom. The molecule has 2 N–H and O–H groups in total. The molecule has 3 rings (SSSR count). The average Bonchev–Trinajstić information content (AvgIpc) is 3.19. The Hall–Kier alpha value is -2.31. The highest BCUT2D eigenvalue weighted by Crippen LogP contribution is 2.24. The molecule has 1 amide bonds. The zero-order chi connectivity index (χ0) is 19.9. The summed E-state index contributed by atoms with van der Waals surface area (Å²) in [6.45, 7) is 0.598. The molecule has 0 bridgehead atoms. The van der Waals surface area contributed by atoms with Crippen LogP contribution in [-0.4, -0.2) is 30.4 Å². The van der Waals surface area contributed by atoms with Crippen molar-refractivity contribution < 1.29 is 13.6 Å². The van der Waals surface area contributed by atoms with E-state index in [-0.39, 0.29) is 11.5 Å². The van der Waals surface area contributed by atoms with Crippen LogP contribution in [0.15, 0.2) is 48.5 Å². The van der Waals surface area contributed by atoms with Gasteiger partial charge in [-0.3, -0.25) is 15.6 Å². The summed E-state index contributed by atoms with van der Waals surface area (Å²) in [6, 6.07) is 14.5. The zero-order valence-electron chi connectivity index (χ0n) is 16.1. The van der Waals surface area contributed by atoms with Gasteiger partial charge in [0.15, 0.2) is 11.6 Å². The van der Waals surface area contributed by atoms with Gasteiger partial charge in [-0.25, -0.2) is 8.78 Å². The lowest BCUT2D eigenvalue weighted by molar-refractivity contribution is 0.0792. The van der Waals surface area contributed by atoms with E-state index in [1.807, 2.05) is 6.07 Å². The smallest absolute Gasteiger partial charge is 0.253 e. The Balaban J connectivity index is 1.33. The third-order valence-corrected chi connectivity index (χ3v) is 5.24. The van der Waals surface area contributed by atoms with Crippen LogP contribution in [0.4, 0.5) is 8.78 Å². The molecule has 1 saturated heterocycles. The van der Waals surface area contributed by atoms with Gasteiger partial charge in [-0.05, 0) is 43.0 Å². The first kappa shape index (κ1) is 20.4. The molecule has 0 spiro atoms. The molecule has 1 fully saturated rings. The van der Waals surface area contributed by atoms with Gasteiger partial charge in [0, 0.05) is 31.2 Å². The number of benzene rings is 2. The summed E-state index contributed by atoms with van der Waals surface area (Å²) in [5.41, 5.74) is 8.21. The van der Waals surface area contributed by atoms with E-state index >= 15 is 0 Å². The zero-order valence-corrected chi connectivity index (χ0v) is 16.1. The lowest BCUT2D eigenvalue weighted by Gasteiger charge is -2.17. The van der Waals surface area contributed by atoms with Crippen molar-refractivity contribution in [3.05, 3.63) is 71.3 Å². The Morgan fingerprint density at radius 3 is 2.57 bits per heavy atom. The van der Waals surface area contributed by atoms with E-state index in [1.54, 1.807) is 11.9 Å². The molecule has 2 unspecified atom stereocenters. The largest absolute Gasteiger partial charge is 0.342 e. The molecule has 0 saturated carbocycles. The molecule has 0 radical (unpaired) electrons. The predicted molar refractivity (Wildman–Crippen MR) is 106 cm³/mol. The molecule has 4 nitrogen and oxygen atoms in total. The number of rotatable bonds is 8. The number of hydrogen-bond acceptors (Lipinski definition) is 3. The monoisotopic (exact) mass is 387 g/mol. The minimum absolute atomic E-state index is 0.176. The molecule has 1 heterocycles. The van der Waals surface area contributed by atoms with Gasteiger partial charge in [0.25, 0.3) is 5.91 Å². The summed E-state index contributed by atoms with van der Waals surface area (Å²) in [4.78, 5) is 13.8. The summed E-state index contributed by atoms with van der Waals surface area (Å²) < 4.78 is 26.3. The second-order valence-electron chi connectivity index (χ2n) is 7.39. The fraction of sp³-hybridized carbons (Fsp3) is 0.409. The first-order valence-electron chi connectivity index (χ1n) is 9.81. The standard InChI is InChI=1S/C22H27F2N3O/c1-27(22(28)17-11-12-19(23)20(24)14-17)13-7-3-6-10-18-15-21(26-25-18)16-8-4-2-5-9-16/h2,4-5,8-9,11-12,14,18,21,25-26H,3,6-7,10,13,15H2,1H3. The van der Waals surface area contributed by atoms with Crippen LogP contribution in [0.25, 0.3) is 0 Å². The molecular weight excluding hydrogens is 360 g/mol. The van der Waals surface area contributed by atoms with Crippen LogP contribution < -0.4 is 10.9 Å². The highest BCUT2D eigenvalue weighted by atomic mass is 19.2. The molecule has 2 atom stereocenters. The van der Waals surface area contributed by atoms with E-state index in [0.717, 1.165) is 44.2 Å². The lowest BCUT2D eigenvalue weighted by atomic mass is 9.99. The van der Waals surface area contributed by atoms with Crippen molar-refractivity contribution in [2.24, 2.45) is 0 Å². The van der Waals surface area contributed by atoms with Gasteiger partial charge in [0.2, 0.25) is 0 Å². The predicted octanol–water partition coefficient (Wildman–Crippen LogP) is 4.21. The van der Waals surface area contributed by atoms with Crippen LogP contribution in [0.2, 0.25) is 0 Å². The van der Waals surface area contributed by atoms with Crippen molar-refractivity contribution in [3.8, 4) is 0 Å². The number of hydrogen-bond donors (Lipinski definition) is 2. The second kappa shape index (κ2) is 9.75. The van der Waals surface area contributed by atoms with Crippen LogP contribution in [0, 0.1) is 11.6 Å². The Morgan fingerprint density at radius 1 is 1.04 bits per heavy atom. The van der Waals surface area contributed by atoms with Crippen LogP contribution >= 0.6 is 0 Å². The summed E-state index contributed by atoms with van der Waals surface area (Å²) in [6.07, 6.45) is 5.13. The quantitative estimate of drug-likeness (QED) is 0.667. The van der Waals surface area contributed by atoms with Crippen LogP contribution in [0.1, 0.15) is 54.1 Å². The highest BCUT2D eigenvalue weighted by molar-refractivity contribution is 5.94. The molecule has 1 aliphatic rings. The summed E-state index contributed by atoms with van der Waals surface area (Å²) >= 11 is 0. The van der Waals surface area contributed by atoms with E-state index < -0.39 is 11.6 Å². The van der Waals surface area contributed by atoms with Crippen molar-refractivity contribution in [3.63, 3.8) is 0 Å². The fourth-order valence-electron chi connectivity index (χ4n) is 3.58. The number of unbranched alkanes of at least 4 members (excludes halogenated alkanes) is 2. The minimum atomic E-state index is -0.995. The van der Waals surface area contributed by atoms with Gasteiger partial charge < -0.3 is 4.90 Å². The third-order valence-electron chi connectivity index (χ3n) is 5.24. The topological polar surface area (TPSA) is 44.4 Å². The molecule has 0 aliphatic carbocycles. The number of nitrogens with zero attached hydrogens (tertiary/aromatic N) is 1. The lowest BCUT2D eigenvalue weighted by Crippen LogP contribution is -2.30. The molecule has 2 aromatic carbocycles. The number of halogens is 2. The molecule has 1 aliphatic heterocycles. The first-order valence-corrected chi connectivity index (χ1v) is 9.81. The maximum atomic E-state index is 13.3. The highest BCUT2D eigenvalue weighted by Gasteiger charge is 2.24. The number of carbonyl (C=O) groups excluding carboxylic acids is 1. The van der Waals surface area contributed by atoms with Crippen molar-refractivity contribution >= 4 is 5.91 Å². The molecule has 0 aromatic heterocycles. The molecule has 6 heteroatoms. The molecule has 150 valence electrons. The normalized spacial score (nSPS) is 19.0. The summed E-state index contributed by atoms with van der Waals surface area (Å²) in [5, 5.41) is 0. The number of hydrazine groups is 1. The van der Waals surface area contributed by atoms with Gasteiger partial charge in [0.05, 0.1) is 0 Å². The minimum Gasteiger partial charge on any atom is -0.342 e. The van der Waals surface area contributed by atoms with Gasteiger partial charge >= 0.3 is 0 Å². The van der Waals surface area contributed by atoms with Crippen molar-refractivity contribution in [2.75, 3.05) is 13.6 Å². The van der Waals surface area contributed by atoms with E-state index in [4.69, 9.17) is 0 Å². The van der Waals surface area contributed by atoms with Gasteiger partial charge in [0.1, 0.15) is 0 Å². The van der Waals surface area contributed by atoms with E-state index in [0.29, 0.717) is 18.6 Å². The van der Waals surface area contributed by atoms with Crippen molar-refractivity contribution in [2.45, 2.75) is 44.2 Å². The maximum absolute atomic E-state index is 13.3. The van der Waals surface area contributed by atoms with E-state index in [2.05, 4.69) is 35.1 Å². The maximum Gasteiger partial charge on any atom is 0.253 e. The van der Waals surface area contributed by atoms with Gasteiger partial charge in [-0.2, -0.15) is 0 Å². The number of nitrogens with one attached hydrogen (secondary N) is 2. The third kappa shape index (κ3) is 5.36. The van der Waals surface area contributed by atoms with Crippen LogP contribution in [0.5, 0.6) is 0 Å². The van der Waals surface area contributed by atoms with Crippen LogP contribution in [0.3, 0.4) is 0 Å². The fourth-order valence-corrected chi connectivity index (χ4v) is 3.58. The number of amides is 1. The van der Waals surface area contributed by atoms with Crippen LogP contribution in [-0.2, 0) is 0 Å². The molecular formula is C22H27F2N3O. The Labute approximate surface area is 164 Å². The molecule has 2 aromatic rings. The Kier molecular flexibility index (Phi) is 7.12. The van der Waals surface area contributed by atoms with E-state index in [1.165, 1.54) is 11.6 Å². The number of carbonyl (C=O) groups is 1. The van der Waals surface area contributed by atoms with Crippen molar-refractivity contribution in [1.82, 2.24) is 15.8 Å². The molecule has 28 heavy (non-hydrogen) atoms. The average molecular weight is 387 g/mol. The summed E-state index contributed by atoms with van der Waals surface area (Å²) in [5.74, 6) is -2.22. The SMILES string of the molecule is CN(CCCCCC1CC(c2ccccc2)NN1)C(=O)c1ccc(F)c(F)c1. The van der Waals surface area contributed by atoms with Gasteiger partial charge in [-0.15, -0.1) is 0 Å². The van der Waals surface area contributed by atoms with Gasteiger partial charge in [-0.1, -0.05) is 43.2 Å². The summed E-state index contributed by atoms with van der Waals surface area (Å²) in [7, 11) is 1.69. The first-order chi connectivity index (χ1) is 13.5.